The highest BCUT2D eigenvalue weighted by molar-refractivity contribution is 5.79. The summed E-state index contributed by atoms with van der Waals surface area (Å²) in [5.74, 6) is 0.854. The van der Waals surface area contributed by atoms with Crippen molar-refractivity contribution < 1.29 is 13.9 Å². The van der Waals surface area contributed by atoms with Gasteiger partial charge in [-0.25, -0.2) is 4.39 Å². The van der Waals surface area contributed by atoms with Crippen LogP contribution in [-0.2, 0) is 16.0 Å². The van der Waals surface area contributed by atoms with E-state index in [-0.39, 0.29) is 11.7 Å². The number of halogens is 1. The Hall–Kier alpha value is -1.42. The van der Waals surface area contributed by atoms with Crippen LogP contribution < -0.4 is 0 Å². The number of hydrogen-bond acceptors (Lipinski definition) is 2. The van der Waals surface area contributed by atoms with Gasteiger partial charge in [0.25, 0.3) is 0 Å². The lowest BCUT2D eigenvalue weighted by Crippen LogP contribution is -2.44. The Morgan fingerprint density at radius 3 is 2.87 bits per heavy atom. The third kappa shape index (κ3) is 4.54. The van der Waals surface area contributed by atoms with Crippen molar-refractivity contribution in [3.63, 3.8) is 0 Å². The zero-order valence-corrected chi connectivity index (χ0v) is 13.7. The van der Waals surface area contributed by atoms with Gasteiger partial charge in [-0.3, -0.25) is 4.79 Å². The Kier molecular flexibility index (Phi) is 5.65. The highest BCUT2D eigenvalue weighted by Crippen LogP contribution is 2.25. The first-order valence-corrected chi connectivity index (χ1v) is 8.83. The SMILES string of the molecule is O=C(C1CCOCC1)N1CCCC(CCc2cccc(F)c2)C1. The number of aryl methyl sites for hydroxylation is 1. The third-order valence-corrected chi connectivity index (χ3v) is 5.13. The molecule has 1 aromatic rings. The van der Waals surface area contributed by atoms with Gasteiger partial charge in [-0.15, -0.1) is 0 Å². The van der Waals surface area contributed by atoms with Crippen molar-refractivity contribution in [2.24, 2.45) is 11.8 Å². The molecule has 0 saturated carbocycles. The van der Waals surface area contributed by atoms with Crippen molar-refractivity contribution in [3.05, 3.63) is 35.6 Å². The standard InChI is InChI=1S/C19H26FNO2/c20-18-5-1-3-15(13-18)6-7-16-4-2-10-21(14-16)19(22)17-8-11-23-12-9-17/h1,3,5,13,16-17H,2,4,6-12,14H2. The van der Waals surface area contributed by atoms with Crippen molar-refractivity contribution in [3.8, 4) is 0 Å². The second-order valence-corrected chi connectivity index (χ2v) is 6.85. The second-order valence-electron chi connectivity index (χ2n) is 6.85. The summed E-state index contributed by atoms with van der Waals surface area (Å²) < 4.78 is 18.6. The molecule has 126 valence electrons. The Labute approximate surface area is 137 Å². The van der Waals surface area contributed by atoms with Crippen LogP contribution in [0.15, 0.2) is 24.3 Å². The van der Waals surface area contributed by atoms with E-state index in [9.17, 15) is 9.18 Å². The van der Waals surface area contributed by atoms with E-state index in [0.29, 0.717) is 25.0 Å². The number of carbonyl (C=O) groups excluding carboxylic acids is 1. The summed E-state index contributed by atoms with van der Waals surface area (Å²) in [6.07, 6.45) is 5.91. The number of hydrogen-bond donors (Lipinski definition) is 0. The van der Waals surface area contributed by atoms with Gasteiger partial charge < -0.3 is 9.64 Å². The summed E-state index contributed by atoms with van der Waals surface area (Å²) in [6, 6.07) is 6.86. The minimum Gasteiger partial charge on any atom is -0.381 e. The van der Waals surface area contributed by atoms with Gasteiger partial charge in [0, 0.05) is 32.2 Å². The highest BCUT2D eigenvalue weighted by atomic mass is 19.1. The fourth-order valence-electron chi connectivity index (χ4n) is 3.77. The lowest BCUT2D eigenvalue weighted by atomic mass is 9.90. The molecule has 0 aliphatic carbocycles. The van der Waals surface area contributed by atoms with Crippen LogP contribution in [0, 0.1) is 17.7 Å². The molecule has 2 saturated heterocycles. The molecule has 1 aromatic carbocycles. The van der Waals surface area contributed by atoms with Gasteiger partial charge in [0.05, 0.1) is 0 Å². The van der Waals surface area contributed by atoms with Crippen LogP contribution in [0.2, 0.25) is 0 Å². The topological polar surface area (TPSA) is 29.5 Å². The first-order chi connectivity index (χ1) is 11.2. The monoisotopic (exact) mass is 319 g/mol. The van der Waals surface area contributed by atoms with E-state index in [0.717, 1.165) is 50.8 Å². The molecule has 3 rings (SSSR count). The Bertz CT molecular complexity index is 528. The van der Waals surface area contributed by atoms with Crippen LogP contribution in [-0.4, -0.2) is 37.1 Å². The zero-order valence-electron chi connectivity index (χ0n) is 13.7. The molecule has 2 aliphatic heterocycles. The van der Waals surface area contributed by atoms with E-state index in [1.54, 1.807) is 12.1 Å². The zero-order chi connectivity index (χ0) is 16.1. The maximum Gasteiger partial charge on any atom is 0.225 e. The van der Waals surface area contributed by atoms with Gasteiger partial charge in [0.15, 0.2) is 0 Å². The average Bonchev–Trinajstić information content (AvgIpc) is 2.60. The number of piperidine rings is 1. The van der Waals surface area contributed by atoms with Gasteiger partial charge in [-0.2, -0.15) is 0 Å². The molecule has 0 radical (unpaired) electrons. The van der Waals surface area contributed by atoms with Gasteiger partial charge in [-0.05, 0) is 62.1 Å². The van der Waals surface area contributed by atoms with Crippen LogP contribution in [0.4, 0.5) is 4.39 Å². The summed E-state index contributed by atoms with van der Waals surface area (Å²) in [5.41, 5.74) is 1.05. The molecule has 0 aromatic heterocycles. The molecular formula is C19H26FNO2. The quantitative estimate of drug-likeness (QED) is 0.851. The first-order valence-electron chi connectivity index (χ1n) is 8.83. The van der Waals surface area contributed by atoms with E-state index in [1.165, 1.54) is 12.5 Å². The molecule has 4 heteroatoms. The van der Waals surface area contributed by atoms with Crippen molar-refractivity contribution in [1.82, 2.24) is 4.90 Å². The molecule has 3 nitrogen and oxygen atoms in total. The summed E-state index contributed by atoms with van der Waals surface area (Å²) >= 11 is 0. The number of rotatable bonds is 4. The molecule has 0 N–H and O–H groups in total. The van der Waals surface area contributed by atoms with E-state index < -0.39 is 0 Å². The number of benzene rings is 1. The summed E-state index contributed by atoms with van der Waals surface area (Å²) in [5, 5.41) is 0. The summed E-state index contributed by atoms with van der Waals surface area (Å²) in [6.45, 7) is 3.19. The Balaban J connectivity index is 1.50. The van der Waals surface area contributed by atoms with Crippen LogP contribution in [0.3, 0.4) is 0 Å². The maximum atomic E-state index is 13.2. The Morgan fingerprint density at radius 1 is 1.26 bits per heavy atom. The molecule has 1 amide bonds. The molecule has 2 heterocycles. The fourth-order valence-corrected chi connectivity index (χ4v) is 3.77. The summed E-state index contributed by atoms with van der Waals surface area (Å²) in [4.78, 5) is 14.7. The van der Waals surface area contributed by atoms with E-state index in [1.807, 2.05) is 6.07 Å². The first kappa shape index (κ1) is 16.4. The van der Waals surface area contributed by atoms with Crippen LogP contribution in [0.1, 0.15) is 37.7 Å². The molecule has 23 heavy (non-hydrogen) atoms. The predicted molar refractivity (Wildman–Crippen MR) is 87.6 cm³/mol. The van der Waals surface area contributed by atoms with Crippen LogP contribution >= 0.6 is 0 Å². The van der Waals surface area contributed by atoms with Crippen molar-refractivity contribution in [2.75, 3.05) is 26.3 Å². The second kappa shape index (κ2) is 7.91. The van der Waals surface area contributed by atoms with Crippen molar-refractivity contribution in [1.29, 1.82) is 0 Å². The van der Waals surface area contributed by atoms with E-state index in [2.05, 4.69) is 4.90 Å². The molecule has 2 fully saturated rings. The number of amides is 1. The number of likely N-dealkylation sites (tertiary alicyclic amines) is 1. The molecule has 0 bridgehead atoms. The number of nitrogens with zero attached hydrogens (tertiary/aromatic N) is 1. The largest absolute Gasteiger partial charge is 0.381 e. The average molecular weight is 319 g/mol. The van der Waals surface area contributed by atoms with Crippen molar-refractivity contribution >= 4 is 5.91 Å². The van der Waals surface area contributed by atoms with Crippen LogP contribution in [0.5, 0.6) is 0 Å². The Morgan fingerprint density at radius 2 is 2.09 bits per heavy atom. The smallest absolute Gasteiger partial charge is 0.225 e. The number of ether oxygens (including phenoxy) is 1. The molecule has 1 unspecified atom stereocenters. The van der Waals surface area contributed by atoms with E-state index in [4.69, 9.17) is 4.74 Å². The lowest BCUT2D eigenvalue weighted by molar-refractivity contribution is -0.140. The predicted octanol–water partition coefficient (Wildman–Crippen LogP) is 3.42. The summed E-state index contributed by atoms with van der Waals surface area (Å²) in [7, 11) is 0. The normalized spacial score (nSPS) is 23.0. The van der Waals surface area contributed by atoms with Gasteiger partial charge in [0.1, 0.15) is 5.82 Å². The third-order valence-electron chi connectivity index (χ3n) is 5.13. The minimum atomic E-state index is -0.164. The molecular weight excluding hydrogens is 293 g/mol. The molecule has 2 aliphatic rings. The van der Waals surface area contributed by atoms with Crippen molar-refractivity contribution in [2.45, 2.75) is 38.5 Å². The van der Waals surface area contributed by atoms with Gasteiger partial charge in [-0.1, -0.05) is 12.1 Å². The number of carbonyl (C=O) groups is 1. The lowest BCUT2D eigenvalue weighted by Gasteiger charge is -2.36. The fraction of sp³-hybridized carbons (Fsp3) is 0.632. The van der Waals surface area contributed by atoms with Crippen LogP contribution in [0.25, 0.3) is 0 Å². The highest BCUT2D eigenvalue weighted by Gasteiger charge is 2.29. The molecule has 1 atom stereocenters. The maximum absolute atomic E-state index is 13.2. The van der Waals surface area contributed by atoms with Gasteiger partial charge in [0.2, 0.25) is 5.91 Å². The minimum absolute atomic E-state index is 0.158. The molecule has 0 spiro atoms. The van der Waals surface area contributed by atoms with E-state index >= 15 is 0 Å². The van der Waals surface area contributed by atoms with Gasteiger partial charge >= 0.3 is 0 Å².